The van der Waals surface area contributed by atoms with Gasteiger partial charge in [-0.2, -0.15) is 0 Å². The SMILES string of the molecule is O=C(O)c1c(Cl)cccc1OCc1cccc(F)c1Br. The average Bonchev–Trinajstić information content (AvgIpc) is 2.40. The molecule has 3 nitrogen and oxygen atoms in total. The Kier molecular flexibility index (Phi) is 4.62. The Morgan fingerprint density at radius 1 is 1.30 bits per heavy atom. The van der Waals surface area contributed by atoms with Gasteiger partial charge < -0.3 is 9.84 Å². The van der Waals surface area contributed by atoms with Gasteiger partial charge in [-0.3, -0.25) is 0 Å². The monoisotopic (exact) mass is 358 g/mol. The zero-order valence-corrected chi connectivity index (χ0v) is 12.4. The third-order valence-corrected chi connectivity index (χ3v) is 3.81. The summed E-state index contributed by atoms with van der Waals surface area (Å²) in [5.41, 5.74) is 0.461. The Labute approximate surface area is 128 Å². The largest absolute Gasteiger partial charge is 0.488 e. The predicted octanol–water partition coefficient (Wildman–Crippen LogP) is 4.52. The molecule has 0 bridgehead atoms. The van der Waals surface area contributed by atoms with Gasteiger partial charge in [0.1, 0.15) is 23.7 Å². The molecule has 0 aliphatic rings. The minimum Gasteiger partial charge on any atom is -0.488 e. The molecule has 0 aromatic heterocycles. The van der Waals surface area contributed by atoms with Crippen molar-refractivity contribution in [3.8, 4) is 5.75 Å². The number of hydrogen-bond donors (Lipinski definition) is 1. The maximum absolute atomic E-state index is 13.4. The lowest BCUT2D eigenvalue weighted by Gasteiger charge is -2.11. The zero-order chi connectivity index (χ0) is 14.7. The maximum atomic E-state index is 13.4. The molecule has 20 heavy (non-hydrogen) atoms. The summed E-state index contributed by atoms with van der Waals surface area (Å²) in [5, 5.41) is 9.20. The highest BCUT2D eigenvalue weighted by atomic mass is 79.9. The van der Waals surface area contributed by atoms with Crippen molar-refractivity contribution in [3.63, 3.8) is 0 Å². The summed E-state index contributed by atoms with van der Waals surface area (Å²) in [4.78, 5) is 11.1. The van der Waals surface area contributed by atoms with Crippen LogP contribution in [0, 0.1) is 5.82 Å². The highest BCUT2D eigenvalue weighted by Crippen LogP contribution is 2.28. The second kappa shape index (κ2) is 6.24. The first-order valence-corrected chi connectivity index (χ1v) is 6.75. The Morgan fingerprint density at radius 3 is 2.70 bits per heavy atom. The van der Waals surface area contributed by atoms with Crippen molar-refractivity contribution in [1.29, 1.82) is 0 Å². The van der Waals surface area contributed by atoms with Gasteiger partial charge >= 0.3 is 5.97 Å². The molecule has 0 saturated carbocycles. The lowest BCUT2D eigenvalue weighted by molar-refractivity contribution is 0.0692. The molecule has 0 aliphatic carbocycles. The number of carboxylic acid groups (broad SMARTS) is 1. The second-order valence-electron chi connectivity index (χ2n) is 3.92. The second-order valence-corrected chi connectivity index (χ2v) is 5.12. The Morgan fingerprint density at radius 2 is 2.00 bits per heavy atom. The normalized spacial score (nSPS) is 10.3. The van der Waals surface area contributed by atoms with Crippen molar-refractivity contribution in [2.24, 2.45) is 0 Å². The summed E-state index contributed by atoms with van der Waals surface area (Å²) >= 11 is 8.95. The maximum Gasteiger partial charge on any atom is 0.341 e. The summed E-state index contributed by atoms with van der Waals surface area (Å²) < 4.78 is 19.1. The fourth-order valence-electron chi connectivity index (χ4n) is 1.65. The van der Waals surface area contributed by atoms with Crippen LogP contribution in [-0.2, 0) is 6.61 Å². The summed E-state index contributed by atoms with van der Waals surface area (Å²) in [6, 6.07) is 9.10. The third-order valence-electron chi connectivity index (χ3n) is 2.60. The van der Waals surface area contributed by atoms with E-state index in [1.54, 1.807) is 18.2 Å². The lowest BCUT2D eigenvalue weighted by Crippen LogP contribution is -2.05. The number of ether oxygens (including phenoxy) is 1. The zero-order valence-electron chi connectivity index (χ0n) is 10.1. The van der Waals surface area contributed by atoms with Crippen LogP contribution in [0.1, 0.15) is 15.9 Å². The molecule has 0 fully saturated rings. The number of carbonyl (C=O) groups is 1. The number of aromatic carboxylic acids is 1. The van der Waals surface area contributed by atoms with Crippen molar-refractivity contribution < 1.29 is 19.0 Å². The molecular weight excluding hydrogens is 351 g/mol. The van der Waals surface area contributed by atoms with Crippen LogP contribution in [0.3, 0.4) is 0 Å². The van der Waals surface area contributed by atoms with E-state index in [-0.39, 0.29) is 22.9 Å². The third kappa shape index (κ3) is 3.11. The average molecular weight is 360 g/mol. The van der Waals surface area contributed by atoms with Gasteiger partial charge in [0, 0.05) is 5.56 Å². The van der Waals surface area contributed by atoms with Crippen LogP contribution in [0.5, 0.6) is 5.75 Å². The van der Waals surface area contributed by atoms with Crippen molar-refractivity contribution in [2.75, 3.05) is 0 Å². The van der Waals surface area contributed by atoms with Crippen molar-refractivity contribution in [2.45, 2.75) is 6.61 Å². The number of benzene rings is 2. The Balaban J connectivity index is 2.26. The van der Waals surface area contributed by atoms with Crippen LogP contribution in [0.2, 0.25) is 5.02 Å². The molecule has 1 N–H and O–H groups in total. The lowest BCUT2D eigenvalue weighted by atomic mass is 10.2. The van der Waals surface area contributed by atoms with E-state index in [0.29, 0.717) is 10.0 Å². The van der Waals surface area contributed by atoms with Gasteiger partial charge in [0.25, 0.3) is 0 Å². The molecule has 6 heteroatoms. The first kappa shape index (κ1) is 14.8. The molecule has 0 amide bonds. The van der Waals surface area contributed by atoms with Gasteiger partial charge in [0.15, 0.2) is 0 Å². The standard InChI is InChI=1S/C14H9BrClFO3/c15-13-8(3-1-5-10(13)17)7-20-11-6-2-4-9(16)12(11)14(18)19/h1-6H,7H2,(H,18,19). The Bertz CT molecular complexity index is 661. The molecular formula is C14H9BrClFO3. The molecule has 0 saturated heterocycles. The highest BCUT2D eigenvalue weighted by Gasteiger charge is 2.16. The van der Waals surface area contributed by atoms with Gasteiger partial charge in [0.05, 0.1) is 9.50 Å². The molecule has 0 unspecified atom stereocenters. The highest BCUT2D eigenvalue weighted by molar-refractivity contribution is 9.10. The number of carboxylic acids is 1. The van der Waals surface area contributed by atoms with E-state index in [1.165, 1.54) is 18.2 Å². The molecule has 2 rings (SSSR count). The van der Waals surface area contributed by atoms with Crippen LogP contribution >= 0.6 is 27.5 Å². The van der Waals surface area contributed by atoms with Crippen LogP contribution in [0.25, 0.3) is 0 Å². The first-order valence-electron chi connectivity index (χ1n) is 5.58. The van der Waals surface area contributed by atoms with Gasteiger partial charge in [-0.05, 0) is 34.1 Å². The molecule has 0 atom stereocenters. The van der Waals surface area contributed by atoms with E-state index in [9.17, 15) is 9.18 Å². The topological polar surface area (TPSA) is 46.5 Å². The summed E-state index contributed by atoms with van der Waals surface area (Å²) in [7, 11) is 0. The molecule has 0 spiro atoms. The van der Waals surface area contributed by atoms with Crippen LogP contribution in [0.15, 0.2) is 40.9 Å². The van der Waals surface area contributed by atoms with Crippen LogP contribution in [-0.4, -0.2) is 11.1 Å². The summed E-state index contributed by atoms with van der Waals surface area (Å²) in [5.74, 6) is -1.44. The minimum atomic E-state index is -1.18. The molecule has 2 aromatic rings. The quantitative estimate of drug-likeness (QED) is 0.873. The van der Waals surface area contributed by atoms with Gasteiger partial charge in [-0.25, -0.2) is 9.18 Å². The van der Waals surface area contributed by atoms with Crippen LogP contribution < -0.4 is 4.74 Å². The van der Waals surface area contributed by atoms with Crippen molar-refractivity contribution in [3.05, 3.63) is 62.8 Å². The van der Waals surface area contributed by atoms with Crippen molar-refractivity contribution in [1.82, 2.24) is 0 Å². The van der Waals surface area contributed by atoms with Crippen LogP contribution in [0.4, 0.5) is 4.39 Å². The molecule has 0 radical (unpaired) electrons. The number of hydrogen-bond acceptors (Lipinski definition) is 2. The predicted molar refractivity (Wildman–Crippen MR) is 76.8 cm³/mol. The van der Waals surface area contributed by atoms with Crippen molar-refractivity contribution >= 4 is 33.5 Å². The van der Waals surface area contributed by atoms with E-state index < -0.39 is 11.8 Å². The molecule has 0 aliphatic heterocycles. The fourth-order valence-corrected chi connectivity index (χ4v) is 2.27. The molecule has 2 aromatic carbocycles. The first-order chi connectivity index (χ1) is 9.50. The van der Waals surface area contributed by atoms with E-state index >= 15 is 0 Å². The van der Waals surface area contributed by atoms with Gasteiger partial charge in [-0.15, -0.1) is 0 Å². The fraction of sp³-hybridized carbons (Fsp3) is 0.0714. The molecule has 0 heterocycles. The smallest absolute Gasteiger partial charge is 0.341 e. The van der Waals surface area contributed by atoms with E-state index in [0.717, 1.165) is 0 Å². The number of rotatable bonds is 4. The summed E-state index contributed by atoms with van der Waals surface area (Å²) in [6.45, 7) is 0.0268. The Hall–Kier alpha value is -1.59. The van der Waals surface area contributed by atoms with E-state index in [4.69, 9.17) is 21.4 Å². The van der Waals surface area contributed by atoms with Gasteiger partial charge in [0.2, 0.25) is 0 Å². The van der Waals surface area contributed by atoms with Gasteiger partial charge in [-0.1, -0.05) is 29.8 Å². The minimum absolute atomic E-state index is 0.0268. The summed E-state index contributed by atoms with van der Waals surface area (Å²) in [6.07, 6.45) is 0. The number of halogens is 3. The van der Waals surface area contributed by atoms with E-state index in [2.05, 4.69) is 15.9 Å². The van der Waals surface area contributed by atoms with E-state index in [1.807, 2.05) is 0 Å². The molecule has 104 valence electrons.